The number of hydrogen-bond donors (Lipinski definition) is 1. The first-order chi connectivity index (χ1) is 11.1. The van der Waals surface area contributed by atoms with Crippen molar-refractivity contribution in [3.63, 3.8) is 0 Å². The first-order valence-corrected chi connectivity index (χ1v) is 8.49. The summed E-state index contributed by atoms with van der Waals surface area (Å²) in [5, 5.41) is 13.0. The quantitative estimate of drug-likeness (QED) is 0.666. The molecule has 6 heteroatoms. The summed E-state index contributed by atoms with van der Waals surface area (Å²) >= 11 is 1.58. The number of nitrogens with one attached hydrogen (secondary N) is 1. The topological polar surface area (TPSA) is 68.5 Å². The molecule has 0 saturated heterocycles. The van der Waals surface area contributed by atoms with Gasteiger partial charge in [-0.3, -0.25) is 9.79 Å². The number of rotatable bonds is 5. The number of nitrogens with zero attached hydrogens (tertiary/aromatic N) is 3. The Morgan fingerprint density at radius 1 is 1.48 bits per heavy atom. The Hall–Kier alpha value is -2.26. The van der Waals surface area contributed by atoms with Crippen LogP contribution in [0.15, 0.2) is 47.1 Å². The molecule has 0 radical (unpaired) electrons. The van der Waals surface area contributed by atoms with Gasteiger partial charge in [-0.1, -0.05) is 42.1 Å². The van der Waals surface area contributed by atoms with Gasteiger partial charge in [0.1, 0.15) is 11.6 Å². The summed E-state index contributed by atoms with van der Waals surface area (Å²) < 4.78 is 0. The fourth-order valence-electron chi connectivity index (χ4n) is 2.12. The Kier molecular flexibility index (Phi) is 6.24. The third kappa shape index (κ3) is 4.86. The second-order valence-corrected chi connectivity index (χ2v) is 6.45. The number of carbonyl (C=O) groups excluding carboxylic acids is 1. The Balaban J connectivity index is 2.11. The molecule has 1 aromatic carbocycles. The monoisotopic (exact) mass is 328 g/mol. The van der Waals surface area contributed by atoms with E-state index in [0.29, 0.717) is 6.54 Å². The van der Waals surface area contributed by atoms with Gasteiger partial charge in [-0.05, 0) is 19.4 Å². The molecule has 5 nitrogen and oxygen atoms in total. The predicted molar refractivity (Wildman–Crippen MR) is 93.7 cm³/mol. The molecule has 1 aromatic rings. The van der Waals surface area contributed by atoms with Crippen LogP contribution in [0.3, 0.4) is 0 Å². The van der Waals surface area contributed by atoms with E-state index in [1.807, 2.05) is 50.2 Å². The second kappa shape index (κ2) is 8.39. The number of amides is 1. The van der Waals surface area contributed by atoms with Crippen LogP contribution >= 0.6 is 11.8 Å². The average molecular weight is 328 g/mol. The smallest absolute Gasteiger partial charge is 0.266 e. The lowest BCUT2D eigenvalue weighted by atomic mass is 10.1. The van der Waals surface area contributed by atoms with Crippen LogP contribution in [0.4, 0.5) is 0 Å². The van der Waals surface area contributed by atoms with Crippen molar-refractivity contribution in [2.75, 3.05) is 12.3 Å². The number of benzene rings is 1. The summed E-state index contributed by atoms with van der Waals surface area (Å²) in [5.74, 6) is 0.653. The third-order valence-corrected chi connectivity index (χ3v) is 4.26. The second-order valence-electron chi connectivity index (χ2n) is 5.36. The lowest BCUT2D eigenvalue weighted by Crippen LogP contribution is -2.37. The summed E-state index contributed by atoms with van der Waals surface area (Å²) in [6.45, 7) is 5.13. The minimum absolute atomic E-state index is 0.00217. The SMILES string of the molecule is CC(C)N(Cc1ccccc1)C(=O)/C(C#N)=C\NC1=NCCS1. The van der Waals surface area contributed by atoms with E-state index in [1.54, 1.807) is 16.7 Å². The Bertz CT molecular complexity index is 646. The predicted octanol–water partition coefficient (Wildman–Crippen LogP) is 2.52. The minimum Gasteiger partial charge on any atom is -0.340 e. The zero-order valence-electron chi connectivity index (χ0n) is 13.3. The summed E-state index contributed by atoms with van der Waals surface area (Å²) in [6, 6.07) is 11.8. The Morgan fingerprint density at radius 3 is 2.78 bits per heavy atom. The fraction of sp³-hybridized carbons (Fsp3) is 0.353. The molecule has 0 bridgehead atoms. The number of aliphatic imine (C=N–C) groups is 1. The fourth-order valence-corrected chi connectivity index (χ4v) is 2.82. The van der Waals surface area contributed by atoms with E-state index in [1.165, 1.54) is 6.20 Å². The van der Waals surface area contributed by atoms with Gasteiger partial charge in [-0.2, -0.15) is 5.26 Å². The molecule has 0 aliphatic carbocycles. The van der Waals surface area contributed by atoms with Crippen LogP contribution in [0.25, 0.3) is 0 Å². The van der Waals surface area contributed by atoms with Crippen LogP contribution < -0.4 is 5.32 Å². The number of hydrogen-bond acceptors (Lipinski definition) is 5. The highest BCUT2D eigenvalue weighted by Crippen LogP contribution is 2.13. The van der Waals surface area contributed by atoms with Gasteiger partial charge in [0.05, 0.1) is 6.54 Å². The third-order valence-electron chi connectivity index (χ3n) is 3.36. The summed E-state index contributed by atoms with van der Waals surface area (Å²) in [4.78, 5) is 18.6. The molecule has 0 spiro atoms. The highest BCUT2D eigenvalue weighted by molar-refractivity contribution is 8.14. The molecule has 0 saturated carbocycles. The zero-order valence-corrected chi connectivity index (χ0v) is 14.1. The van der Waals surface area contributed by atoms with Crippen LogP contribution in [-0.4, -0.2) is 34.3 Å². The molecule has 0 aromatic heterocycles. The maximum Gasteiger partial charge on any atom is 0.266 e. The van der Waals surface area contributed by atoms with Crippen LogP contribution in [0.2, 0.25) is 0 Å². The molecule has 23 heavy (non-hydrogen) atoms. The van der Waals surface area contributed by atoms with Gasteiger partial charge < -0.3 is 10.2 Å². The van der Waals surface area contributed by atoms with Crippen molar-refractivity contribution in [1.82, 2.24) is 10.2 Å². The standard InChI is InChI=1S/C17H20N4OS/c1-13(2)21(12-14-6-4-3-5-7-14)16(22)15(10-18)11-20-17-19-8-9-23-17/h3-7,11,13H,8-9,12H2,1-2H3,(H,19,20)/b15-11-. The molecule has 1 N–H and O–H groups in total. The number of carbonyl (C=O) groups is 1. The van der Waals surface area contributed by atoms with Gasteiger partial charge in [0, 0.05) is 24.5 Å². The van der Waals surface area contributed by atoms with Crippen molar-refractivity contribution in [3.05, 3.63) is 47.7 Å². The zero-order chi connectivity index (χ0) is 16.7. The molecule has 120 valence electrons. The first-order valence-electron chi connectivity index (χ1n) is 7.50. The highest BCUT2D eigenvalue weighted by atomic mass is 32.2. The highest BCUT2D eigenvalue weighted by Gasteiger charge is 2.21. The molecular formula is C17H20N4OS. The first kappa shape index (κ1) is 17.1. The van der Waals surface area contributed by atoms with Gasteiger partial charge >= 0.3 is 0 Å². The molecule has 1 heterocycles. The largest absolute Gasteiger partial charge is 0.340 e. The average Bonchev–Trinajstić information content (AvgIpc) is 3.07. The number of thioether (sulfide) groups is 1. The molecule has 0 atom stereocenters. The maximum absolute atomic E-state index is 12.7. The molecular weight excluding hydrogens is 308 g/mol. The van der Waals surface area contributed by atoms with E-state index in [4.69, 9.17) is 0 Å². The van der Waals surface area contributed by atoms with E-state index in [0.717, 1.165) is 23.0 Å². The molecule has 1 amide bonds. The normalized spacial score (nSPS) is 14.3. The maximum atomic E-state index is 12.7. The Labute approximate surface area is 141 Å². The van der Waals surface area contributed by atoms with Crippen molar-refractivity contribution in [3.8, 4) is 6.07 Å². The van der Waals surface area contributed by atoms with E-state index in [-0.39, 0.29) is 17.5 Å². The number of nitriles is 1. The minimum atomic E-state index is -0.276. The van der Waals surface area contributed by atoms with Crippen LogP contribution in [-0.2, 0) is 11.3 Å². The van der Waals surface area contributed by atoms with E-state index < -0.39 is 0 Å². The van der Waals surface area contributed by atoms with Crippen molar-refractivity contribution in [2.24, 2.45) is 4.99 Å². The Morgan fingerprint density at radius 2 is 2.22 bits per heavy atom. The summed E-state index contributed by atoms with van der Waals surface area (Å²) in [6.07, 6.45) is 1.46. The molecule has 1 aliphatic rings. The van der Waals surface area contributed by atoms with Crippen LogP contribution in [0.1, 0.15) is 19.4 Å². The van der Waals surface area contributed by atoms with E-state index in [9.17, 15) is 10.1 Å². The van der Waals surface area contributed by atoms with Gasteiger partial charge in [-0.25, -0.2) is 0 Å². The van der Waals surface area contributed by atoms with Crippen molar-refractivity contribution in [1.29, 1.82) is 5.26 Å². The molecule has 1 aliphatic heterocycles. The van der Waals surface area contributed by atoms with Crippen molar-refractivity contribution < 1.29 is 4.79 Å². The van der Waals surface area contributed by atoms with Gasteiger partial charge in [-0.15, -0.1) is 0 Å². The van der Waals surface area contributed by atoms with Crippen molar-refractivity contribution >= 4 is 22.8 Å². The van der Waals surface area contributed by atoms with E-state index in [2.05, 4.69) is 10.3 Å². The number of amidine groups is 1. The molecule has 0 unspecified atom stereocenters. The van der Waals surface area contributed by atoms with Crippen LogP contribution in [0.5, 0.6) is 0 Å². The van der Waals surface area contributed by atoms with E-state index >= 15 is 0 Å². The van der Waals surface area contributed by atoms with Gasteiger partial charge in [0.15, 0.2) is 5.17 Å². The van der Waals surface area contributed by atoms with Gasteiger partial charge in [0.2, 0.25) is 0 Å². The molecule has 0 fully saturated rings. The lowest BCUT2D eigenvalue weighted by molar-refractivity contribution is -0.129. The summed E-state index contributed by atoms with van der Waals surface area (Å²) in [7, 11) is 0. The lowest BCUT2D eigenvalue weighted by Gasteiger charge is -2.26. The molecule has 2 rings (SSSR count). The summed E-state index contributed by atoms with van der Waals surface area (Å²) in [5.41, 5.74) is 1.13. The van der Waals surface area contributed by atoms with Crippen molar-refractivity contribution in [2.45, 2.75) is 26.4 Å². The van der Waals surface area contributed by atoms with Gasteiger partial charge in [0.25, 0.3) is 5.91 Å². The van der Waals surface area contributed by atoms with Crippen LogP contribution in [0, 0.1) is 11.3 Å².